The Labute approximate surface area is 238 Å². The monoisotopic (exact) mass is 533 g/mol. The van der Waals surface area contributed by atoms with E-state index in [-0.39, 0.29) is 5.91 Å². The standard InChI is InChI=1S/C35H39N3O2/c1-8-17-36(11-4)30-22-32-28(20-24(30)6)35(27-16-14-13-15-26(27)34(39)38(35)19-10-3)29-21-25(7)31(23-33(29)40-32)37(12-5)18-9-2/h8-10,13-16,20-23H,1-3,11-12,17-19H2,4-7H3. The Morgan fingerprint density at radius 1 is 0.800 bits per heavy atom. The maximum Gasteiger partial charge on any atom is 0.255 e. The summed E-state index contributed by atoms with van der Waals surface area (Å²) in [7, 11) is 0. The van der Waals surface area contributed by atoms with Crippen LogP contribution < -0.4 is 14.5 Å². The number of ether oxygens (including phenoxy) is 1. The summed E-state index contributed by atoms with van der Waals surface area (Å²) < 4.78 is 6.81. The number of anilines is 2. The van der Waals surface area contributed by atoms with E-state index in [0.717, 1.165) is 82.4 Å². The molecule has 0 aliphatic carbocycles. The first-order valence-electron chi connectivity index (χ1n) is 14.1. The fraction of sp³-hybridized carbons (Fsp3) is 0.286. The number of aryl methyl sites for hydroxylation is 2. The van der Waals surface area contributed by atoms with Gasteiger partial charge in [-0.1, -0.05) is 36.4 Å². The fourth-order valence-electron chi connectivity index (χ4n) is 6.50. The third-order valence-corrected chi connectivity index (χ3v) is 8.25. The molecule has 1 amide bonds. The van der Waals surface area contributed by atoms with Crippen molar-refractivity contribution in [3.8, 4) is 11.5 Å². The molecular weight excluding hydrogens is 494 g/mol. The van der Waals surface area contributed by atoms with E-state index in [1.807, 2.05) is 41.3 Å². The Balaban J connectivity index is 1.87. The van der Waals surface area contributed by atoms with Gasteiger partial charge in [-0.25, -0.2) is 0 Å². The first kappa shape index (κ1) is 27.3. The summed E-state index contributed by atoms with van der Waals surface area (Å²) in [5.74, 6) is 1.52. The van der Waals surface area contributed by atoms with Gasteiger partial charge in [-0.3, -0.25) is 4.79 Å². The van der Waals surface area contributed by atoms with Crippen molar-refractivity contribution in [1.29, 1.82) is 0 Å². The quantitative estimate of drug-likeness (QED) is 0.255. The molecule has 3 aromatic rings. The molecule has 206 valence electrons. The van der Waals surface area contributed by atoms with Crippen LogP contribution in [0, 0.1) is 13.8 Å². The number of benzene rings is 3. The van der Waals surface area contributed by atoms with E-state index in [1.54, 1.807) is 0 Å². The smallest absolute Gasteiger partial charge is 0.255 e. The summed E-state index contributed by atoms with van der Waals surface area (Å²) in [6.45, 7) is 24.1. The maximum absolute atomic E-state index is 14.1. The molecule has 2 heterocycles. The van der Waals surface area contributed by atoms with Crippen LogP contribution in [0.1, 0.15) is 52.0 Å². The highest BCUT2D eigenvalue weighted by molar-refractivity contribution is 6.02. The summed E-state index contributed by atoms with van der Waals surface area (Å²) >= 11 is 0. The van der Waals surface area contributed by atoms with Crippen LogP contribution in [0.2, 0.25) is 0 Å². The Morgan fingerprint density at radius 3 is 1.80 bits per heavy atom. The highest BCUT2D eigenvalue weighted by Gasteiger charge is 2.56. The van der Waals surface area contributed by atoms with Gasteiger partial charge in [-0.05, 0) is 62.6 Å². The molecule has 1 spiro atoms. The second kappa shape index (κ2) is 10.7. The zero-order chi connectivity index (χ0) is 28.6. The van der Waals surface area contributed by atoms with Gasteiger partial charge in [0, 0.05) is 72.9 Å². The van der Waals surface area contributed by atoms with Gasteiger partial charge < -0.3 is 19.4 Å². The van der Waals surface area contributed by atoms with Crippen LogP contribution in [-0.2, 0) is 5.54 Å². The molecule has 0 fully saturated rings. The number of nitrogens with zero attached hydrogens (tertiary/aromatic N) is 3. The van der Waals surface area contributed by atoms with Gasteiger partial charge in [0.1, 0.15) is 17.0 Å². The summed E-state index contributed by atoms with van der Waals surface area (Å²) in [4.78, 5) is 20.6. The lowest BCUT2D eigenvalue weighted by Crippen LogP contribution is -2.47. The van der Waals surface area contributed by atoms with Crippen LogP contribution >= 0.6 is 0 Å². The van der Waals surface area contributed by atoms with E-state index in [2.05, 4.69) is 87.6 Å². The van der Waals surface area contributed by atoms with Gasteiger partial charge in [0.2, 0.25) is 0 Å². The number of hydrogen-bond acceptors (Lipinski definition) is 4. The molecule has 0 N–H and O–H groups in total. The average molecular weight is 534 g/mol. The van der Waals surface area contributed by atoms with Gasteiger partial charge in [0.15, 0.2) is 0 Å². The van der Waals surface area contributed by atoms with Crippen molar-refractivity contribution < 1.29 is 9.53 Å². The Bertz CT molecular complexity index is 1430. The number of carbonyl (C=O) groups excluding carboxylic acids is 1. The zero-order valence-corrected chi connectivity index (χ0v) is 24.2. The molecule has 2 aliphatic heterocycles. The fourth-order valence-corrected chi connectivity index (χ4v) is 6.50. The summed E-state index contributed by atoms with van der Waals surface area (Å²) in [6.07, 6.45) is 5.66. The van der Waals surface area contributed by atoms with E-state index in [0.29, 0.717) is 6.54 Å². The maximum atomic E-state index is 14.1. The minimum Gasteiger partial charge on any atom is -0.456 e. The number of likely N-dealkylation sites (N-methyl/N-ethyl adjacent to an activating group) is 2. The van der Waals surface area contributed by atoms with Crippen LogP contribution in [0.3, 0.4) is 0 Å². The SMILES string of the molecule is C=CCN(CC)c1cc2c(cc1C)C1(c3cc(C)c(N(CC)CC=C)cc3O2)c2ccccc2C(=O)N1CC=C. The first-order valence-corrected chi connectivity index (χ1v) is 14.1. The van der Waals surface area contributed by atoms with E-state index < -0.39 is 5.54 Å². The molecule has 40 heavy (non-hydrogen) atoms. The van der Waals surface area contributed by atoms with Gasteiger partial charge in [-0.15, -0.1) is 19.7 Å². The molecule has 5 nitrogen and oxygen atoms in total. The number of hydrogen-bond donors (Lipinski definition) is 0. The number of amides is 1. The largest absolute Gasteiger partial charge is 0.456 e. The van der Waals surface area contributed by atoms with Crippen molar-refractivity contribution in [1.82, 2.24) is 4.90 Å². The van der Waals surface area contributed by atoms with Gasteiger partial charge in [-0.2, -0.15) is 0 Å². The van der Waals surface area contributed by atoms with E-state index in [9.17, 15) is 4.79 Å². The highest BCUT2D eigenvalue weighted by Crippen LogP contribution is 2.59. The van der Waals surface area contributed by atoms with E-state index in [1.165, 1.54) is 0 Å². The van der Waals surface area contributed by atoms with E-state index in [4.69, 9.17) is 4.74 Å². The molecule has 0 atom stereocenters. The van der Waals surface area contributed by atoms with Crippen LogP contribution in [0.15, 0.2) is 86.5 Å². The number of rotatable bonds is 10. The first-order chi connectivity index (χ1) is 19.4. The Hall–Kier alpha value is -4.25. The molecule has 0 radical (unpaired) electrons. The molecule has 0 bridgehead atoms. The molecule has 0 unspecified atom stereocenters. The van der Waals surface area contributed by atoms with Gasteiger partial charge in [0.25, 0.3) is 5.91 Å². The third-order valence-electron chi connectivity index (χ3n) is 8.25. The van der Waals surface area contributed by atoms with Crippen molar-refractivity contribution in [2.75, 3.05) is 42.5 Å². The van der Waals surface area contributed by atoms with Crippen molar-refractivity contribution in [3.05, 3.63) is 120 Å². The lowest BCUT2D eigenvalue weighted by molar-refractivity contribution is 0.0694. The highest BCUT2D eigenvalue weighted by atomic mass is 16.5. The topological polar surface area (TPSA) is 36.0 Å². The second-order valence-corrected chi connectivity index (χ2v) is 10.5. The molecule has 5 rings (SSSR count). The summed E-state index contributed by atoms with van der Waals surface area (Å²) in [5, 5.41) is 0. The molecular formula is C35H39N3O2. The predicted octanol–water partition coefficient (Wildman–Crippen LogP) is 7.37. The molecule has 2 aliphatic rings. The lowest BCUT2D eigenvalue weighted by Gasteiger charge is -2.45. The van der Waals surface area contributed by atoms with Crippen molar-refractivity contribution in [2.45, 2.75) is 33.2 Å². The number of carbonyl (C=O) groups is 1. The molecule has 3 aromatic carbocycles. The summed E-state index contributed by atoms with van der Waals surface area (Å²) in [6, 6.07) is 16.7. The Morgan fingerprint density at radius 2 is 1.32 bits per heavy atom. The lowest BCUT2D eigenvalue weighted by atomic mass is 9.73. The molecule has 0 saturated heterocycles. The van der Waals surface area contributed by atoms with Crippen LogP contribution in [0.4, 0.5) is 11.4 Å². The van der Waals surface area contributed by atoms with Crippen LogP contribution in [0.25, 0.3) is 0 Å². The summed E-state index contributed by atoms with van der Waals surface area (Å²) in [5.41, 5.74) is 7.25. The van der Waals surface area contributed by atoms with Crippen molar-refractivity contribution >= 4 is 17.3 Å². The third kappa shape index (κ3) is 3.95. The van der Waals surface area contributed by atoms with E-state index >= 15 is 0 Å². The van der Waals surface area contributed by atoms with Gasteiger partial charge >= 0.3 is 0 Å². The van der Waals surface area contributed by atoms with Crippen LogP contribution in [-0.4, -0.2) is 43.5 Å². The molecule has 5 heteroatoms. The molecule has 0 saturated carbocycles. The minimum absolute atomic E-state index is 0.00134. The minimum atomic E-state index is -0.845. The molecule has 0 aromatic heterocycles. The van der Waals surface area contributed by atoms with Crippen LogP contribution in [0.5, 0.6) is 11.5 Å². The van der Waals surface area contributed by atoms with Crippen molar-refractivity contribution in [2.24, 2.45) is 0 Å². The van der Waals surface area contributed by atoms with Crippen molar-refractivity contribution in [3.63, 3.8) is 0 Å². The predicted molar refractivity (Wildman–Crippen MR) is 166 cm³/mol. The average Bonchev–Trinajstić information content (AvgIpc) is 3.20. The van der Waals surface area contributed by atoms with Gasteiger partial charge in [0.05, 0.1) is 0 Å². The zero-order valence-electron chi connectivity index (χ0n) is 24.2. The second-order valence-electron chi connectivity index (χ2n) is 10.5. The number of fused-ring (bicyclic) bond motifs is 6. The Kier molecular flexibility index (Phi) is 7.33. The normalized spacial score (nSPS) is 14.2.